The molecule has 0 N–H and O–H groups in total. The number of hydrogen-bond acceptors (Lipinski definition) is 6. The standard InChI is InChI=1S/C12H14F3N3O5S/c1-2-22-10(19)17-6-11(7-17)3-4-18-8(11)5-9(16-18)23-24(20,21)12(13,14)15/h5H,2-4,6-7H2,1H3. The molecule has 3 heterocycles. The molecular formula is C12H14F3N3O5S. The average Bonchev–Trinajstić information content (AvgIpc) is 2.93. The highest BCUT2D eigenvalue weighted by atomic mass is 32.2. The average molecular weight is 369 g/mol. The quantitative estimate of drug-likeness (QED) is 0.588. The van der Waals surface area contributed by atoms with Crippen molar-refractivity contribution in [3.8, 4) is 5.88 Å². The van der Waals surface area contributed by atoms with E-state index in [0.29, 0.717) is 31.7 Å². The molecular weight excluding hydrogens is 355 g/mol. The number of aromatic nitrogens is 2. The van der Waals surface area contributed by atoms with Gasteiger partial charge in [-0.2, -0.15) is 21.6 Å². The summed E-state index contributed by atoms with van der Waals surface area (Å²) in [7, 11) is -5.76. The Bertz CT molecular complexity index is 767. The van der Waals surface area contributed by atoms with Crippen LogP contribution in [-0.4, -0.2) is 54.4 Å². The zero-order valence-corrected chi connectivity index (χ0v) is 13.4. The number of hydrogen-bond donors (Lipinski definition) is 0. The van der Waals surface area contributed by atoms with Gasteiger partial charge in [0.1, 0.15) is 0 Å². The van der Waals surface area contributed by atoms with E-state index in [4.69, 9.17) is 4.74 Å². The van der Waals surface area contributed by atoms with E-state index in [1.54, 1.807) is 6.92 Å². The molecule has 24 heavy (non-hydrogen) atoms. The molecule has 1 fully saturated rings. The lowest BCUT2D eigenvalue weighted by Gasteiger charge is -2.46. The number of carbonyl (C=O) groups excluding carboxylic acids is 1. The lowest BCUT2D eigenvalue weighted by atomic mass is 9.76. The van der Waals surface area contributed by atoms with E-state index in [1.165, 1.54) is 15.6 Å². The van der Waals surface area contributed by atoms with Crippen LogP contribution in [0.1, 0.15) is 19.0 Å². The van der Waals surface area contributed by atoms with Crippen LogP contribution in [0, 0.1) is 0 Å². The summed E-state index contributed by atoms with van der Waals surface area (Å²) in [6.07, 6.45) is 0.189. The van der Waals surface area contributed by atoms with E-state index in [1.807, 2.05) is 0 Å². The molecule has 1 saturated heterocycles. The fourth-order valence-electron chi connectivity index (χ4n) is 2.99. The maximum Gasteiger partial charge on any atom is 0.534 e. The van der Waals surface area contributed by atoms with Crippen LogP contribution in [0.25, 0.3) is 0 Å². The largest absolute Gasteiger partial charge is 0.534 e. The monoisotopic (exact) mass is 369 g/mol. The van der Waals surface area contributed by atoms with E-state index < -0.39 is 33.0 Å². The SMILES string of the molecule is CCOC(=O)N1CC2(CCn3nc(OS(=O)(=O)C(F)(F)F)cc32)C1. The Labute approximate surface area is 135 Å². The van der Waals surface area contributed by atoms with Crippen molar-refractivity contribution in [3.05, 3.63) is 11.8 Å². The normalized spacial score (nSPS) is 19.1. The number of amides is 1. The second-order valence-corrected chi connectivity index (χ2v) is 7.20. The number of fused-ring (bicyclic) bond motifs is 2. The zero-order valence-electron chi connectivity index (χ0n) is 12.5. The smallest absolute Gasteiger partial charge is 0.450 e. The Hall–Kier alpha value is -1.98. The number of rotatable bonds is 3. The Morgan fingerprint density at radius 3 is 2.67 bits per heavy atom. The van der Waals surface area contributed by atoms with Crippen molar-refractivity contribution in [2.75, 3.05) is 19.7 Å². The summed E-state index contributed by atoms with van der Waals surface area (Å²) < 4.78 is 69.5. The number of aryl methyl sites for hydroxylation is 1. The molecule has 1 aromatic rings. The van der Waals surface area contributed by atoms with Crippen molar-refractivity contribution in [2.45, 2.75) is 30.8 Å². The van der Waals surface area contributed by atoms with Gasteiger partial charge in [0, 0.05) is 31.1 Å². The van der Waals surface area contributed by atoms with Gasteiger partial charge in [-0.25, -0.2) is 4.79 Å². The van der Waals surface area contributed by atoms with Gasteiger partial charge in [-0.05, 0) is 13.3 Å². The number of nitrogens with zero attached hydrogens (tertiary/aromatic N) is 3. The van der Waals surface area contributed by atoms with Crippen molar-refractivity contribution in [1.82, 2.24) is 14.7 Å². The third-order valence-corrected chi connectivity index (χ3v) is 5.05. The maximum atomic E-state index is 12.4. The molecule has 0 saturated carbocycles. The Morgan fingerprint density at radius 2 is 2.08 bits per heavy atom. The molecule has 2 aliphatic rings. The molecule has 0 aromatic carbocycles. The molecule has 0 unspecified atom stereocenters. The highest BCUT2D eigenvalue weighted by Crippen LogP contribution is 2.44. The van der Waals surface area contributed by atoms with Crippen molar-refractivity contribution < 1.29 is 35.3 Å². The van der Waals surface area contributed by atoms with Gasteiger partial charge in [0.15, 0.2) is 0 Å². The first kappa shape index (κ1) is 16.9. The summed E-state index contributed by atoms with van der Waals surface area (Å²) in [4.78, 5) is 13.1. The van der Waals surface area contributed by atoms with Gasteiger partial charge < -0.3 is 13.8 Å². The van der Waals surface area contributed by atoms with Gasteiger partial charge in [-0.15, -0.1) is 5.10 Å². The summed E-state index contributed by atoms with van der Waals surface area (Å²) in [5.41, 5.74) is -5.42. The van der Waals surface area contributed by atoms with Gasteiger partial charge in [0.05, 0.1) is 12.3 Å². The molecule has 3 rings (SSSR count). The maximum absolute atomic E-state index is 12.4. The van der Waals surface area contributed by atoms with E-state index >= 15 is 0 Å². The third-order valence-electron chi connectivity index (χ3n) is 4.09. The predicted molar refractivity (Wildman–Crippen MR) is 72.7 cm³/mol. The number of halogens is 3. The molecule has 0 bridgehead atoms. The highest BCUT2D eigenvalue weighted by Gasteiger charge is 2.53. The molecule has 1 amide bonds. The topological polar surface area (TPSA) is 90.7 Å². The first-order chi connectivity index (χ1) is 11.1. The number of alkyl halides is 3. The summed E-state index contributed by atoms with van der Waals surface area (Å²) >= 11 is 0. The van der Waals surface area contributed by atoms with Crippen LogP contribution in [0.4, 0.5) is 18.0 Å². The van der Waals surface area contributed by atoms with Crippen LogP contribution in [0.2, 0.25) is 0 Å². The van der Waals surface area contributed by atoms with Crippen LogP contribution in [0.15, 0.2) is 6.07 Å². The van der Waals surface area contributed by atoms with Crippen LogP contribution in [0.5, 0.6) is 5.88 Å². The minimum absolute atomic E-state index is 0.244. The van der Waals surface area contributed by atoms with Crippen molar-refractivity contribution in [3.63, 3.8) is 0 Å². The van der Waals surface area contributed by atoms with Gasteiger partial charge in [-0.1, -0.05) is 0 Å². The van der Waals surface area contributed by atoms with Crippen molar-refractivity contribution >= 4 is 16.2 Å². The number of likely N-dealkylation sites (tertiary alicyclic amines) is 1. The fourth-order valence-corrected chi connectivity index (χ4v) is 3.39. The van der Waals surface area contributed by atoms with Crippen LogP contribution < -0.4 is 4.18 Å². The first-order valence-corrected chi connectivity index (χ1v) is 8.49. The summed E-state index contributed by atoms with van der Waals surface area (Å²) in [6.45, 7) is 3.00. The Balaban J connectivity index is 1.75. The van der Waals surface area contributed by atoms with Crippen LogP contribution in [-0.2, 0) is 26.8 Å². The lowest BCUT2D eigenvalue weighted by Crippen LogP contribution is -2.60. The number of carbonyl (C=O) groups is 1. The van der Waals surface area contributed by atoms with Gasteiger partial charge in [0.2, 0.25) is 0 Å². The lowest BCUT2D eigenvalue weighted by molar-refractivity contribution is -0.0501. The Morgan fingerprint density at radius 1 is 1.42 bits per heavy atom. The fraction of sp³-hybridized carbons (Fsp3) is 0.667. The molecule has 2 aliphatic heterocycles. The number of ether oxygens (including phenoxy) is 1. The minimum atomic E-state index is -5.76. The second-order valence-electron chi connectivity index (χ2n) is 5.66. The van der Waals surface area contributed by atoms with Crippen LogP contribution in [0.3, 0.4) is 0 Å². The first-order valence-electron chi connectivity index (χ1n) is 7.09. The highest BCUT2D eigenvalue weighted by molar-refractivity contribution is 7.87. The van der Waals surface area contributed by atoms with Crippen LogP contribution >= 0.6 is 0 Å². The molecule has 134 valence electrons. The third kappa shape index (κ3) is 2.58. The molecule has 8 nitrogen and oxygen atoms in total. The molecule has 0 aliphatic carbocycles. The summed E-state index contributed by atoms with van der Waals surface area (Å²) in [5.74, 6) is -0.629. The van der Waals surface area contributed by atoms with E-state index in [0.717, 1.165) is 0 Å². The van der Waals surface area contributed by atoms with Gasteiger partial charge >= 0.3 is 21.7 Å². The second kappa shape index (κ2) is 5.26. The van der Waals surface area contributed by atoms with Crippen molar-refractivity contribution in [2.24, 2.45) is 0 Å². The minimum Gasteiger partial charge on any atom is -0.450 e. The molecule has 12 heteroatoms. The van der Waals surface area contributed by atoms with Crippen molar-refractivity contribution in [1.29, 1.82) is 0 Å². The van der Waals surface area contributed by atoms with E-state index in [2.05, 4.69) is 9.28 Å². The molecule has 1 spiro atoms. The molecule has 0 radical (unpaired) electrons. The summed E-state index contributed by atoms with van der Waals surface area (Å²) in [6, 6.07) is 1.18. The predicted octanol–water partition coefficient (Wildman–Crippen LogP) is 1.23. The molecule has 0 atom stereocenters. The summed E-state index contributed by atoms with van der Waals surface area (Å²) in [5, 5.41) is 3.75. The van der Waals surface area contributed by atoms with E-state index in [-0.39, 0.29) is 6.61 Å². The van der Waals surface area contributed by atoms with Gasteiger partial charge in [-0.3, -0.25) is 4.68 Å². The van der Waals surface area contributed by atoms with Gasteiger partial charge in [0.25, 0.3) is 5.88 Å². The molecule has 1 aromatic heterocycles. The van der Waals surface area contributed by atoms with E-state index in [9.17, 15) is 26.4 Å². The zero-order chi connectivity index (χ0) is 17.8. The Kier molecular flexibility index (Phi) is 3.70.